The van der Waals surface area contributed by atoms with Crippen molar-refractivity contribution in [3.8, 4) is 28.3 Å². The van der Waals surface area contributed by atoms with Crippen LogP contribution in [0.3, 0.4) is 0 Å². The second-order valence-electron chi connectivity index (χ2n) is 14.8. The third kappa shape index (κ3) is 7.36. The molecule has 0 aliphatic heterocycles. The number of para-hydroxylation sites is 2. The Morgan fingerprint density at radius 3 is 2.15 bits per heavy atom. The third-order valence-corrected chi connectivity index (χ3v) is 9.35. The van der Waals surface area contributed by atoms with Crippen LogP contribution < -0.4 is 0 Å². The molecule has 5 nitrogen and oxygen atoms in total. The molecule has 4 heterocycles. The van der Waals surface area contributed by atoms with E-state index in [4.69, 9.17) is 17.6 Å². The van der Waals surface area contributed by atoms with Gasteiger partial charge in [-0.15, -0.1) is 53.6 Å². The topological polar surface area (TPSA) is 56.7 Å². The summed E-state index contributed by atoms with van der Waals surface area (Å²) in [7, 11) is 0. The van der Waals surface area contributed by atoms with Crippen LogP contribution in [-0.4, -0.2) is 19.5 Å². The number of fused-ring (bicyclic) bond motifs is 4. The quantitative estimate of drug-likeness (QED) is 0.162. The average molecular weight is 881 g/mol. The fraction of sp³-hybridized carbons (Fsp3) is 0.255. The van der Waals surface area contributed by atoms with Gasteiger partial charge in [-0.3, -0.25) is 9.97 Å². The van der Waals surface area contributed by atoms with Gasteiger partial charge in [-0.05, 0) is 52.6 Å². The number of aromatic nitrogens is 4. The Kier molecular flexibility index (Phi) is 8.77. The fourth-order valence-electron chi connectivity index (χ4n) is 6.73. The van der Waals surface area contributed by atoms with Gasteiger partial charge in [-0.25, -0.2) is 0 Å². The van der Waals surface area contributed by atoms with Gasteiger partial charge in [0.15, 0.2) is 0 Å². The van der Waals surface area contributed by atoms with Crippen molar-refractivity contribution < 1.29 is 32.7 Å². The van der Waals surface area contributed by atoms with Crippen LogP contribution in [0.25, 0.3) is 61.3 Å². The Morgan fingerprint density at radius 1 is 0.774 bits per heavy atom. The molecule has 0 saturated carbocycles. The minimum absolute atomic E-state index is 0. The molecule has 0 spiro atoms. The summed E-state index contributed by atoms with van der Waals surface area (Å²) < 4.78 is 52.5. The molecule has 1 radical (unpaired) electrons. The van der Waals surface area contributed by atoms with Crippen LogP contribution in [0.4, 0.5) is 0 Å². The van der Waals surface area contributed by atoms with Gasteiger partial charge in [0.05, 0.1) is 28.6 Å². The first-order chi connectivity index (χ1) is 27.3. The minimum Gasteiger partial charge on any atom is -0.501 e. The maximum Gasteiger partial charge on any atom is 0.120 e. The Hall–Kier alpha value is -4.90. The van der Waals surface area contributed by atoms with E-state index in [1.54, 1.807) is 12.1 Å². The molecule has 0 N–H and O–H groups in total. The zero-order chi connectivity index (χ0) is 41.7. The molecule has 53 heavy (non-hydrogen) atoms. The third-order valence-electron chi connectivity index (χ3n) is 9.35. The Bertz CT molecular complexity index is 2660. The summed E-state index contributed by atoms with van der Waals surface area (Å²) in [6.07, 6.45) is 5.19. The predicted molar refractivity (Wildman–Crippen MR) is 215 cm³/mol. The molecule has 0 atom stereocenters. The largest absolute Gasteiger partial charge is 0.501 e. The molecule has 0 fully saturated rings. The molecule has 0 saturated heterocycles. The summed E-state index contributed by atoms with van der Waals surface area (Å²) in [4.78, 5) is 14.0. The van der Waals surface area contributed by atoms with E-state index in [-0.39, 0.29) is 36.6 Å². The molecule has 271 valence electrons. The predicted octanol–water partition coefficient (Wildman–Crippen LogP) is 12.5. The monoisotopic (exact) mass is 881 g/mol. The zero-order valence-corrected chi connectivity index (χ0v) is 33.4. The normalized spacial score (nSPS) is 13.8. The van der Waals surface area contributed by atoms with Crippen molar-refractivity contribution in [2.75, 3.05) is 0 Å². The first-order valence-electron chi connectivity index (χ1n) is 20.7. The Labute approximate surface area is 335 Å². The number of aryl methyl sites for hydroxylation is 2. The van der Waals surface area contributed by atoms with Crippen molar-refractivity contribution in [1.82, 2.24) is 19.5 Å². The first kappa shape index (κ1) is 30.5. The van der Waals surface area contributed by atoms with E-state index in [0.29, 0.717) is 23.1 Å². The van der Waals surface area contributed by atoms with Gasteiger partial charge in [0, 0.05) is 57.4 Å². The van der Waals surface area contributed by atoms with E-state index in [1.165, 1.54) is 46.8 Å². The summed E-state index contributed by atoms with van der Waals surface area (Å²) >= 11 is 0. The van der Waals surface area contributed by atoms with E-state index in [0.717, 1.165) is 44.4 Å². The number of hydrogen-bond donors (Lipinski definition) is 0. The molecule has 6 heteroatoms. The molecular formula is C47H46IrN4O-2. The summed E-state index contributed by atoms with van der Waals surface area (Å²) in [5.41, 5.74) is 10.9. The van der Waals surface area contributed by atoms with E-state index in [9.17, 15) is 0 Å². The van der Waals surface area contributed by atoms with Gasteiger partial charge in [-0.1, -0.05) is 115 Å². The smallest absolute Gasteiger partial charge is 0.120 e. The number of imidazole rings is 1. The van der Waals surface area contributed by atoms with E-state index in [2.05, 4.69) is 112 Å². The number of furan rings is 1. The standard InChI is InChI=1S/C34H34N3O.C13H12N.Ir/c1-20(2)22-13-10-14-23(21(3)4)30(22)37-31-27(34(5,6)7)18-35-19-28(31)36-33(37)26-16-11-15-25-24-12-8-9-17-29(24)38-32(25)26;1-10-3-6-12(7-4-10)13-8-5-11(2)9-14-13;/h8-15,17-21H,1-7H3;3-6,8-9H,1-2H3;/q2*-1;/i;1D3,2D3;. The minimum atomic E-state index is -2.18. The molecule has 0 aliphatic rings. The summed E-state index contributed by atoms with van der Waals surface area (Å²) in [5.74, 6) is 1.50. The maximum atomic E-state index is 7.28. The molecule has 8 aromatic rings. The maximum absolute atomic E-state index is 7.28. The van der Waals surface area contributed by atoms with Gasteiger partial charge >= 0.3 is 0 Å². The van der Waals surface area contributed by atoms with Crippen molar-refractivity contribution in [3.63, 3.8) is 0 Å². The SMILES string of the molecule is CC(C)c1cccc(C(C)C)c1-n1c(-c2[c-]ccc3c2oc2ccccc23)nc2cncc(C(C)(C)C)c21.[2H]C([2H])([2H])c1c[c-]c(-c2ccc(C([2H])([2H])[2H])cn2)cc1.[Ir]. The summed E-state index contributed by atoms with van der Waals surface area (Å²) in [6, 6.07) is 32.9. The second-order valence-corrected chi connectivity index (χ2v) is 14.8. The molecule has 4 aromatic carbocycles. The molecule has 4 aromatic heterocycles. The van der Waals surface area contributed by atoms with Crippen LogP contribution in [0.2, 0.25) is 0 Å². The molecule has 8 rings (SSSR count). The van der Waals surface area contributed by atoms with E-state index < -0.39 is 13.7 Å². The zero-order valence-electron chi connectivity index (χ0n) is 37.0. The number of nitrogens with zero attached hydrogens (tertiary/aromatic N) is 4. The van der Waals surface area contributed by atoms with Crippen LogP contribution in [0.15, 0.2) is 108 Å². The van der Waals surface area contributed by atoms with Gasteiger partial charge in [0.2, 0.25) is 0 Å². The van der Waals surface area contributed by atoms with Crippen LogP contribution >= 0.6 is 0 Å². The van der Waals surface area contributed by atoms with Crippen LogP contribution in [-0.2, 0) is 25.5 Å². The van der Waals surface area contributed by atoms with Crippen LogP contribution in [0.1, 0.15) is 96.3 Å². The molecule has 0 bridgehead atoms. The Morgan fingerprint density at radius 2 is 1.51 bits per heavy atom. The molecular weight excluding hydrogens is 829 g/mol. The number of pyridine rings is 2. The molecule has 0 amide bonds. The first-order valence-corrected chi connectivity index (χ1v) is 17.7. The molecule has 0 aliphatic carbocycles. The van der Waals surface area contributed by atoms with Crippen LogP contribution in [0, 0.1) is 25.8 Å². The number of hydrogen-bond acceptors (Lipinski definition) is 4. The fourth-order valence-corrected chi connectivity index (χ4v) is 6.73. The van der Waals surface area contributed by atoms with Gasteiger partial charge in [-0.2, -0.15) is 0 Å². The van der Waals surface area contributed by atoms with Gasteiger partial charge in [0.1, 0.15) is 5.58 Å². The second kappa shape index (κ2) is 15.2. The average Bonchev–Trinajstić information content (AvgIpc) is 3.76. The van der Waals surface area contributed by atoms with Gasteiger partial charge < -0.3 is 14.0 Å². The van der Waals surface area contributed by atoms with E-state index >= 15 is 0 Å². The van der Waals surface area contributed by atoms with Crippen molar-refractivity contribution in [3.05, 3.63) is 143 Å². The van der Waals surface area contributed by atoms with Crippen molar-refractivity contribution >= 4 is 33.0 Å². The van der Waals surface area contributed by atoms with Crippen molar-refractivity contribution in [1.29, 1.82) is 0 Å². The van der Waals surface area contributed by atoms with Crippen molar-refractivity contribution in [2.24, 2.45) is 0 Å². The van der Waals surface area contributed by atoms with E-state index in [1.807, 2.05) is 30.6 Å². The number of benzene rings is 4. The van der Waals surface area contributed by atoms with Crippen LogP contribution in [0.5, 0.6) is 0 Å². The number of rotatable bonds is 5. The summed E-state index contributed by atoms with van der Waals surface area (Å²) in [6.45, 7) is 11.4. The molecule has 0 unspecified atom stereocenters. The Balaban J connectivity index is 0.000000236. The van der Waals surface area contributed by atoms with Gasteiger partial charge in [0.25, 0.3) is 0 Å². The summed E-state index contributed by atoms with van der Waals surface area (Å²) in [5, 5.41) is 2.17. The van der Waals surface area contributed by atoms with Crippen molar-refractivity contribution in [2.45, 2.75) is 79.4 Å².